The number of hydrogen-bond donors (Lipinski definition) is 0. The number of piperidine rings is 2. The summed E-state index contributed by atoms with van der Waals surface area (Å²) in [5, 5.41) is 1.26. The minimum Gasteiger partial charge on any atom is -0.318 e. The summed E-state index contributed by atoms with van der Waals surface area (Å²) in [7, 11) is 0. The van der Waals surface area contributed by atoms with Gasteiger partial charge >= 0.3 is 6.09 Å². The van der Waals surface area contributed by atoms with Crippen molar-refractivity contribution in [3.63, 3.8) is 0 Å². The number of likely N-dealkylation sites (tertiary alicyclic amines) is 2. The summed E-state index contributed by atoms with van der Waals surface area (Å²) in [6.45, 7) is 9.76. The van der Waals surface area contributed by atoms with Gasteiger partial charge in [-0.25, -0.2) is 4.79 Å². The number of benzene rings is 1. The molecule has 6 heteroatoms. The molecule has 2 aliphatic heterocycles. The molecule has 0 saturated carbocycles. The Morgan fingerprint density at radius 3 is 2.27 bits per heavy atom. The molecule has 1 aromatic rings. The molecule has 6 nitrogen and oxygen atoms in total. The van der Waals surface area contributed by atoms with Crippen molar-refractivity contribution in [2.24, 2.45) is 5.41 Å². The molecule has 0 radical (unpaired) electrons. The number of carbonyl (C=O) groups excluding carboxylic acids is 2. The fourth-order valence-electron chi connectivity index (χ4n) is 4.23. The van der Waals surface area contributed by atoms with Crippen LogP contribution in [0.15, 0.2) is 30.3 Å². The third-order valence-corrected chi connectivity index (χ3v) is 6.68. The highest BCUT2D eigenvalue weighted by Crippen LogP contribution is 2.26. The van der Waals surface area contributed by atoms with Crippen LogP contribution in [-0.2, 0) is 16.2 Å². The van der Waals surface area contributed by atoms with Crippen LogP contribution in [0.4, 0.5) is 4.79 Å². The van der Waals surface area contributed by atoms with Gasteiger partial charge in [0.1, 0.15) is 0 Å². The second-order valence-corrected chi connectivity index (χ2v) is 9.24. The van der Waals surface area contributed by atoms with Gasteiger partial charge in [-0.15, -0.1) is 0 Å². The Morgan fingerprint density at radius 2 is 1.67 bits per heavy atom. The van der Waals surface area contributed by atoms with E-state index in [0.29, 0.717) is 25.6 Å². The summed E-state index contributed by atoms with van der Waals surface area (Å²) in [6, 6.07) is 10.2. The van der Waals surface area contributed by atoms with E-state index in [9.17, 15) is 9.59 Å². The van der Waals surface area contributed by atoms with Gasteiger partial charge < -0.3 is 14.6 Å². The second-order valence-electron chi connectivity index (χ2n) is 9.24. The van der Waals surface area contributed by atoms with Crippen LogP contribution in [-0.4, -0.2) is 59.1 Å². The van der Waals surface area contributed by atoms with Crippen LogP contribution in [0.3, 0.4) is 0 Å². The molecular weight excluding hydrogens is 378 g/mol. The molecule has 166 valence electrons. The second kappa shape index (κ2) is 10.3. The van der Waals surface area contributed by atoms with Crippen LogP contribution >= 0.6 is 0 Å². The number of carbonyl (C=O) groups is 2. The van der Waals surface area contributed by atoms with Gasteiger partial charge in [0.25, 0.3) is 5.91 Å². The highest BCUT2D eigenvalue weighted by molar-refractivity contribution is 5.82. The monoisotopic (exact) mass is 415 g/mol. The van der Waals surface area contributed by atoms with Crippen molar-refractivity contribution in [1.82, 2.24) is 14.9 Å². The largest absolute Gasteiger partial charge is 0.434 e. The lowest BCUT2D eigenvalue weighted by Gasteiger charge is -2.40. The van der Waals surface area contributed by atoms with E-state index in [-0.39, 0.29) is 12.5 Å². The summed E-state index contributed by atoms with van der Waals surface area (Å²) in [5.74, 6) is -0.162. The van der Waals surface area contributed by atoms with E-state index in [1.807, 2.05) is 51.1 Å². The van der Waals surface area contributed by atoms with Crippen LogP contribution in [0.2, 0.25) is 0 Å². The Bertz CT molecular complexity index is 693. The Morgan fingerprint density at radius 1 is 1.03 bits per heavy atom. The quantitative estimate of drug-likeness (QED) is 0.667. The molecule has 1 aromatic carbocycles. The summed E-state index contributed by atoms with van der Waals surface area (Å²) in [6.07, 6.45) is 6.11. The fourth-order valence-corrected chi connectivity index (χ4v) is 4.23. The molecule has 3 rings (SSSR count). The molecule has 0 unspecified atom stereocenters. The number of rotatable bonds is 5. The van der Waals surface area contributed by atoms with Gasteiger partial charge in [0.15, 0.2) is 0 Å². The predicted molar refractivity (Wildman–Crippen MR) is 118 cm³/mol. The molecule has 0 spiro atoms. The van der Waals surface area contributed by atoms with Gasteiger partial charge in [-0.3, -0.25) is 4.79 Å². The van der Waals surface area contributed by atoms with Gasteiger partial charge in [0, 0.05) is 24.5 Å². The predicted octanol–water partition coefficient (Wildman–Crippen LogP) is 4.45. The normalized spacial score (nSPS) is 18.8. The van der Waals surface area contributed by atoms with Crippen LogP contribution in [0.5, 0.6) is 0 Å². The van der Waals surface area contributed by atoms with Crippen molar-refractivity contribution in [2.45, 2.75) is 71.9 Å². The van der Waals surface area contributed by atoms with E-state index in [4.69, 9.17) is 4.84 Å². The first kappa shape index (κ1) is 22.6. The first-order valence-corrected chi connectivity index (χ1v) is 11.5. The van der Waals surface area contributed by atoms with Crippen LogP contribution in [0, 0.1) is 5.41 Å². The van der Waals surface area contributed by atoms with Crippen molar-refractivity contribution >= 4 is 12.0 Å². The Labute approximate surface area is 181 Å². The fraction of sp³-hybridized carbons (Fsp3) is 0.667. The lowest BCUT2D eigenvalue weighted by Crippen LogP contribution is -2.50. The lowest BCUT2D eigenvalue weighted by atomic mass is 9.89. The summed E-state index contributed by atoms with van der Waals surface area (Å²) >= 11 is 0. The first-order chi connectivity index (χ1) is 14.4. The molecule has 2 saturated heterocycles. The van der Waals surface area contributed by atoms with Crippen molar-refractivity contribution in [3.8, 4) is 0 Å². The molecule has 2 amide bonds. The average Bonchev–Trinajstić information content (AvgIpc) is 2.79. The minimum absolute atomic E-state index is 0.162. The standard InChI is InChI=1S/C24H37N3O3/c1-4-24(2,3)22(28)27(19-20-11-7-5-8-12-20)30-23(29)26-17-13-21(14-18-26)25-15-9-6-10-16-25/h5,7-8,11-12,21H,4,6,9-10,13-19H2,1-3H3. The Kier molecular flexibility index (Phi) is 7.75. The molecule has 0 aromatic heterocycles. The lowest BCUT2D eigenvalue weighted by molar-refractivity contribution is -0.181. The highest BCUT2D eigenvalue weighted by Gasteiger charge is 2.35. The molecule has 0 aliphatic carbocycles. The molecule has 0 bridgehead atoms. The number of amides is 2. The molecule has 0 atom stereocenters. The number of nitrogens with zero attached hydrogens (tertiary/aromatic N) is 3. The molecular formula is C24H37N3O3. The highest BCUT2D eigenvalue weighted by atomic mass is 16.7. The maximum absolute atomic E-state index is 13.1. The number of hydrogen-bond acceptors (Lipinski definition) is 4. The Balaban J connectivity index is 1.60. The molecule has 2 aliphatic rings. The zero-order valence-corrected chi connectivity index (χ0v) is 18.8. The summed E-state index contributed by atoms with van der Waals surface area (Å²) in [5.41, 5.74) is 0.352. The SMILES string of the molecule is CCC(C)(C)C(=O)N(Cc1ccccc1)OC(=O)N1CCC(N2CCCCC2)CC1. The van der Waals surface area contributed by atoms with Gasteiger partial charge in [0.05, 0.1) is 6.54 Å². The zero-order chi connectivity index (χ0) is 21.6. The minimum atomic E-state index is -0.587. The van der Waals surface area contributed by atoms with E-state index < -0.39 is 11.5 Å². The van der Waals surface area contributed by atoms with E-state index in [0.717, 1.165) is 18.4 Å². The van der Waals surface area contributed by atoms with E-state index >= 15 is 0 Å². The summed E-state index contributed by atoms with van der Waals surface area (Å²) < 4.78 is 0. The van der Waals surface area contributed by atoms with Crippen molar-refractivity contribution in [2.75, 3.05) is 26.2 Å². The first-order valence-electron chi connectivity index (χ1n) is 11.5. The van der Waals surface area contributed by atoms with Gasteiger partial charge in [0.2, 0.25) is 0 Å². The van der Waals surface area contributed by atoms with Gasteiger partial charge in [-0.05, 0) is 50.8 Å². The van der Waals surface area contributed by atoms with E-state index in [2.05, 4.69) is 4.90 Å². The van der Waals surface area contributed by atoms with E-state index in [1.165, 1.54) is 37.4 Å². The van der Waals surface area contributed by atoms with Crippen molar-refractivity contribution in [1.29, 1.82) is 0 Å². The van der Waals surface area contributed by atoms with Crippen LogP contribution in [0.1, 0.15) is 64.9 Å². The van der Waals surface area contributed by atoms with Crippen molar-refractivity contribution < 1.29 is 14.4 Å². The molecule has 0 N–H and O–H groups in total. The van der Waals surface area contributed by atoms with Crippen LogP contribution < -0.4 is 0 Å². The molecule has 2 fully saturated rings. The van der Waals surface area contributed by atoms with Gasteiger partial charge in [-0.2, -0.15) is 5.06 Å². The maximum atomic E-state index is 13.1. The van der Waals surface area contributed by atoms with Crippen molar-refractivity contribution in [3.05, 3.63) is 35.9 Å². The van der Waals surface area contributed by atoms with E-state index in [1.54, 1.807) is 4.90 Å². The number of hydroxylamine groups is 2. The zero-order valence-electron chi connectivity index (χ0n) is 18.8. The van der Waals surface area contributed by atoms with Gasteiger partial charge in [-0.1, -0.05) is 57.5 Å². The average molecular weight is 416 g/mol. The van der Waals surface area contributed by atoms with Crippen LogP contribution in [0.25, 0.3) is 0 Å². The third-order valence-electron chi connectivity index (χ3n) is 6.68. The topological polar surface area (TPSA) is 53.1 Å². The third kappa shape index (κ3) is 5.75. The summed E-state index contributed by atoms with van der Waals surface area (Å²) in [4.78, 5) is 36.0. The maximum Gasteiger partial charge on any atom is 0.434 e. The Hall–Kier alpha value is -2.08. The smallest absolute Gasteiger partial charge is 0.318 e. The molecule has 2 heterocycles. The molecule has 30 heavy (non-hydrogen) atoms.